The fraction of sp³-hybridized carbons (Fsp3) is 0.483. The topological polar surface area (TPSA) is 97.0 Å². The van der Waals surface area contributed by atoms with Gasteiger partial charge in [0.05, 0.1) is 31.6 Å². The number of likely N-dealkylation sites (tertiary alicyclic amines) is 1. The van der Waals surface area contributed by atoms with E-state index in [9.17, 15) is 14.4 Å². The van der Waals surface area contributed by atoms with Crippen LogP contribution in [0.1, 0.15) is 37.5 Å². The van der Waals surface area contributed by atoms with Crippen LogP contribution in [0.5, 0.6) is 5.75 Å². The molecule has 6 rings (SSSR count). The summed E-state index contributed by atoms with van der Waals surface area (Å²) in [6.07, 6.45) is 7.39. The zero-order chi connectivity index (χ0) is 26.4. The molecule has 3 fully saturated rings. The normalized spacial score (nSPS) is 33.3. The molecule has 8 nitrogen and oxygen atoms in total. The molecule has 1 aromatic carbocycles. The average Bonchev–Trinajstić information content (AvgIpc) is 3.69. The van der Waals surface area contributed by atoms with Crippen molar-refractivity contribution in [2.75, 3.05) is 12.4 Å². The van der Waals surface area contributed by atoms with E-state index in [-0.39, 0.29) is 23.8 Å². The predicted octanol–water partition coefficient (Wildman–Crippen LogP) is 3.74. The second kappa shape index (κ2) is 9.85. The lowest BCUT2D eigenvalue weighted by atomic mass is 9.74. The molecule has 2 N–H and O–H groups in total. The van der Waals surface area contributed by atoms with Crippen LogP contribution >= 0.6 is 11.3 Å². The van der Waals surface area contributed by atoms with Gasteiger partial charge in [-0.25, -0.2) is 0 Å². The summed E-state index contributed by atoms with van der Waals surface area (Å²) in [6.45, 7) is 2.48. The molecule has 3 amide bonds. The Morgan fingerprint density at radius 3 is 2.79 bits per heavy atom. The van der Waals surface area contributed by atoms with Crippen LogP contribution in [-0.4, -0.2) is 53.5 Å². The van der Waals surface area contributed by atoms with E-state index in [0.29, 0.717) is 23.9 Å². The summed E-state index contributed by atoms with van der Waals surface area (Å²) in [5.74, 6) is -1.23. The summed E-state index contributed by atoms with van der Waals surface area (Å²) in [7, 11) is 1.57. The Morgan fingerprint density at radius 1 is 1.18 bits per heavy atom. The minimum Gasteiger partial charge on any atom is -0.497 e. The third kappa shape index (κ3) is 4.12. The highest BCUT2D eigenvalue weighted by atomic mass is 32.1. The quantitative estimate of drug-likeness (QED) is 0.527. The van der Waals surface area contributed by atoms with E-state index in [2.05, 4.69) is 17.6 Å². The van der Waals surface area contributed by atoms with E-state index in [1.54, 1.807) is 47.6 Å². The minimum atomic E-state index is -1.17. The van der Waals surface area contributed by atoms with Gasteiger partial charge in [0.15, 0.2) is 0 Å². The van der Waals surface area contributed by atoms with Crippen molar-refractivity contribution < 1.29 is 23.9 Å². The Bertz CT molecular complexity index is 1260. The van der Waals surface area contributed by atoms with Gasteiger partial charge in [0.1, 0.15) is 17.4 Å². The zero-order valence-electron chi connectivity index (χ0n) is 21.6. The van der Waals surface area contributed by atoms with Gasteiger partial charge < -0.3 is 25.0 Å². The molecule has 2 saturated heterocycles. The number of fused-ring (bicyclic) bond motifs is 1. The maximum absolute atomic E-state index is 14.1. The molecule has 1 spiro atoms. The van der Waals surface area contributed by atoms with Crippen molar-refractivity contribution in [2.45, 2.75) is 62.9 Å². The van der Waals surface area contributed by atoms with E-state index >= 15 is 0 Å². The number of nitrogens with zero attached hydrogens (tertiary/aromatic N) is 1. The number of rotatable bonds is 7. The van der Waals surface area contributed by atoms with Crippen LogP contribution < -0.4 is 15.4 Å². The number of nitrogens with one attached hydrogen (secondary N) is 2. The summed E-state index contributed by atoms with van der Waals surface area (Å²) in [5, 5.41) is 8.18. The number of anilines is 1. The van der Waals surface area contributed by atoms with Crippen molar-refractivity contribution in [1.29, 1.82) is 0 Å². The van der Waals surface area contributed by atoms with E-state index in [1.807, 2.05) is 29.7 Å². The Balaban J connectivity index is 1.31. The molecule has 4 heterocycles. The van der Waals surface area contributed by atoms with Gasteiger partial charge in [0.25, 0.3) is 0 Å². The highest BCUT2D eigenvalue weighted by Gasteiger charge is 2.72. The molecular weight excluding hydrogens is 502 g/mol. The van der Waals surface area contributed by atoms with Crippen molar-refractivity contribution in [3.05, 3.63) is 58.8 Å². The van der Waals surface area contributed by atoms with Crippen LogP contribution in [0.4, 0.5) is 5.69 Å². The lowest BCUT2D eigenvalue weighted by Gasteiger charge is -2.35. The SMILES string of the molecule is COc1cccc(NC(=O)[C@H]2[C@H]3C=C[C@@]4(O3)[C@H]2C(=O)N(Cc2cccs2)[C@@H]4C(=O)N[C@@H]2CCCC[C@H]2C)c1. The molecule has 0 unspecified atom stereocenters. The summed E-state index contributed by atoms with van der Waals surface area (Å²) < 4.78 is 11.7. The molecule has 1 aliphatic carbocycles. The van der Waals surface area contributed by atoms with Gasteiger partial charge in [-0.1, -0.05) is 44.1 Å². The first-order valence-electron chi connectivity index (χ1n) is 13.4. The van der Waals surface area contributed by atoms with Crippen LogP contribution in [0.25, 0.3) is 0 Å². The number of carbonyl (C=O) groups is 3. The lowest BCUT2D eigenvalue weighted by Crippen LogP contribution is -2.57. The van der Waals surface area contributed by atoms with Crippen molar-refractivity contribution in [2.24, 2.45) is 17.8 Å². The van der Waals surface area contributed by atoms with Gasteiger partial charge in [0, 0.05) is 22.7 Å². The third-order valence-electron chi connectivity index (χ3n) is 8.61. The van der Waals surface area contributed by atoms with Crippen molar-refractivity contribution in [1.82, 2.24) is 10.2 Å². The molecule has 4 aliphatic rings. The van der Waals surface area contributed by atoms with Gasteiger partial charge in [0.2, 0.25) is 17.7 Å². The summed E-state index contributed by atoms with van der Waals surface area (Å²) in [6, 6.07) is 10.2. The van der Waals surface area contributed by atoms with Crippen molar-refractivity contribution in [3.63, 3.8) is 0 Å². The standard InChI is InChI=1S/C29H33N3O5S/c1-17-7-3-4-11-21(17)31-27(34)25-29-13-12-22(37-29)23(26(33)30-18-8-5-9-19(15-18)36-2)24(29)28(35)32(25)16-20-10-6-14-38-20/h5-6,8-10,12-15,17,21-25H,3-4,7,11,16H2,1-2H3,(H,30,33)(H,31,34)/t17-,21-,22-,23+,24-,25-,29-/m1/s1. The van der Waals surface area contributed by atoms with Gasteiger partial charge >= 0.3 is 0 Å². The van der Waals surface area contributed by atoms with Crippen LogP contribution in [0.3, 0.4) is 0 Å². The largest absolute Gasteiger partial charge is 0.497 e. The van der Waals surface area contributed by atoms with Crippen molar-refractivity contribution in [3.8, 4) is 5.75 Å². The minimum absolute atomic E-state index is 0.0696. The maximum atomic E-state index is 14.1. The summed E-state index contributed by atoms with van der Waals surface area (Å²) in [5.41, 5.74) is -0.589. The number of carbonyl (C=O) groups excluding carboxylic acids is 3. The van der Waals surface area contributed by atoms with Crippen LogP contribution in [0.2, 0.25) is 0 Å². The maximum Gasteiger partial charge on any atom is 0.246 e. The molecular formula is C29H33N3O5S. The lowest BCUT2D eigenvalue weighted by molar-refractivity contribution is -0.142. The number of thiophene rings is 1. The van der Waals surface area contributed by atoms with Gasteiger partial charge in [-0.2, -0.15) is 0 Å². The first kappa shape index (κ1) is 25.1. The number of amides is 3. The molecule has 0 radical (unpaired) electrons. The molecule has 7 atom stereocenters. The monoisotopic (exact) mass is 535 g/mol. The number of hydrogen-bond donors (Lipinski definition) is 2. The molecule has 1 saturated carbocycles. The number of hydrogen-bond acceptors (Lipinski definition) is 6. The second-order valence-electron chi connectivity index (χ2n) is 10.8. The molecule has 38 heavy (non-hydrogen) atoms. The van der Waals surface area contributed by atoms with Gasteiger partial charge in [-0.05, 0) is 42.3 Å². The molecule has 200 valence electrons. The Morgan fingerprint density at radius 2 is 2.03 bits per heavy atom. The van der Waals surface area contributed by atoms with Crippen LogP contribution in [0.15, 0.2) is 53.9 Å². The molecule has 2 aromatic rings. The van der Waals surface area contributed by atoms with Crippen LogP contribution in [0, 0.1) is 17.8 Å². The third-order valence-corrected chi connectivity index (χ3v) is 9.47. The average molecular weight is 536 g/mol. The zero-order valence-corrected chi connectivity index (χ0v) is 22.4. The molecule has 3 aliphatic heterocycles. The van der Waals surface area contributed by atoms with Gasteiger partial charge in [-0.15, -0.1) is 11.3 Å². The second-order valence-corrected chi connectivity index (χ2v) is 11.9. The van der Waals surface area contributed by atoms with E-state index in [4.69, 9.17) is 9.47 Å². The Labute approximate surface area is 226 Å². The highest BCUT2D eigenvalue weighted by molar-refractivity contribution is 7.09. The number of benzene rings is 1. The smallest absolute Gasteiger partial charge is 0.246 e. The number of methoxy groups -OCH3 is 1. The first-order chi connectivity index (χ1) is 18.4. The summed E-state index contributed by atoms with van der Waals surface area (Å²) >= 11 is 1.54. The Kier molecular flexibility index (Phi) is 6.52. The first-order valence-corrected chi connectivity index (χ1v) is 14.2. The van der Waals surface area contributed by atoms with Gasteiger partial charge in [-0.3, -0.25) is 14.4 Å². The molecule has 2 bridgehead atoms. The fourth-order valence-electron chi connectivity index (χ4n) is 6.73. The van der Waals surface area contributed by atoms with Crippen LogP contribution in [-0.2, 0) is 25.7 Å². The highest BCUT2D eigenvalue weighted by Crippen LogP contribution is 2.55. The van der Waals surface area contributed by atoms with E-state index in [0.717, 1.165) is 24.1 Å². The predicted molar refractivity (Wildman–Crippen MR) is 144 cm³/mol. The summed E-state index contributed by atoms with van der Waals surface area (Å²) in [4.78, 5) is 44.3. The molecule has 9 heteroatoms. The van der Waals surface area contributed by atoms with Crippen molar-refractivity contribution >= 4 is 34.7 Å². The van der Waals surface area contributed by atoms with E-state index < -0.39 is 29.6 Å². The Hall–Kier alpha value is -3.17. The molecule has 1 aromatic heterocycles. The number of ether oxygens (including phenoxy) is 2. The fourth-order valence-corrected chi connectivity index (χ4v) is 7.43. The van der Waals surface area contributed by atoms with E-state index in [1.165, 1.54) is 6.42 Å².